The van der Waals surface area contributed by atoms with Crippen LogP contribution in [0.15, 0.2) is 41.8 Å². The second kappa shape index (κ2) is 7.38. The van der Waals surface area contributed by atoms with Crippen molar-refractivity contribution in [1.29, 1.82) is 0 Å². The van der Waals surface area contributed by atoms with Gasteiger partial charge in [0.2, 0.25) is 5.91 Å². The Hall–Kier alpha value is -1.65. The molecule has 0 bridgehead atoms. The van der Waals surface area contributed by atoms with E-state index in [9.17, 15) is 4.79 Å². The predicted octanol–water partition coefficient (Wildman–Crippen LogP) is 3.54. The zero-order chi connectivity index (χ0) is 15.2. The fraction of sp³-hybridized carbons (Fsp3) is 0.353. The van der Waals surface area contributed by atoms with Gasteiger partial charge in [0.25, 0.3) is 0 Å². The van der Waals surface area contributed by atoms with Crippen molar-refractivity contribution in [2.75, 3.05) is 25.0 Å². The summed E-state index contributed by atoms with van der Waals surface area (Å²) in [5.74, 6) is 0.139. The van der Waals surface area contributed by atoms with E-state index in [-0.39, 0.29) is 5.91 Å². The van der Waals surface area contributed by atoms with Gasteiger partial charge in [0.1, 0.15) is 0 Å². The van der Waals surface area contributed by atoms with Gasteiger partial charge in [-0.3, -0.25) is 9.69 Å². The van der Waals surface area contributed by atoms with Crippen LogP contribution in [-0.4, -0.2) is 30.9 Å². The van der Waals surface area contributed by atoms with E-state index in [1.807, 2.05) is 49.2 Å². The lowest BCUT2D eigenvalue weighted by Gasteiger charge is -2.24. The Morgan fingerprint density at radius 3 is 2.48 bits per heavy atom. The average molecular weight is 302 g/mol. The summed E-state index contributed by atoms with van der Waals surface area (Å²) in [5.41, 5.74) is 2.26. The van der Waals surface area contributed by atoms with Crippen molar-refractivity contribution >= 4 is 22.9 Å². The first-order valence-electron chi connectivity index (χ1n) is 7.18. The summed E-state index contributed by atoms with van der Waals surface area (Å²) in [6.45, 7) is 6.06. The van der Waals surface area contributed by atoms with Crippen molar-refractivity contribution in [2.45, 2.75) is 20.4 Å². The number of benzene rings is 1. The summed E-state index contributed by atoms with van der Waals surface area (Å²) >= 11 is 1.75. The van der Waals surface area contributed by atoms with Gasteiger partial charge in [-0.1, -0.05) is 18.2 Å². The maximum atomic E-state index is 12.5. The molecule has 2 rings (SSSR count). The molecule has 0 radical (unpaired) electrons. The minimum atomic E-state index is 0.139. The van der Waals surface area contributed by atoms with Gasteiger partial charge in [-0.05, 0) is 50.0 Å². The number of amides is 1. The third-order valence-electron chi connectivity index (χ3n) is 3.47. The predicted molar refractivity (Wildman–Crippen MR) is 89.9 cm³/mol. The van der Waals surface area contributed by atoms with Crippen LogP contribution in [0, 0.1) is 6.92 Å². The fourth-order valence-corrected chi connectivity index (χ4v) is 3.28. The minimum absolute atomic E-state index is 0.139. The van der Waals surface area contributed by atoms with Crippen molar-refractivity contribution in [2.24, 2.45) is 0 Å². The van der Waals surface area contributed by atoms with Gasteiger partial charge < -0.3 is 4.90 Å². The number of aryl methyl sites for hydroxylation is 1. The first kappa shape index (κ1) is 15.7. The molecule has 0 fully saturated rings. The third kappa shape index (κ3) is 4.16. The van der Waals surface area contributed by atoms with Crippen LogP contribution in [0.3, 0.4) is 0 Å². The molecule has 4 heteroatoms. The second-order valence-electron chi connectivity index (χ2n) is 5.17. The molecule has 0 N–H and O–H groups in total. The molecule has 0 saturated heterocycles. The second-order valence-corrected chi connectivity index (χ2v) is 6.17. The van der Waals surface area contributed by atoms with Gasteiger partial charge in [-0.25, -0.2) is 0 Å². The van der Waals surface area contributed by atoms with E-state index in [1.165, 1.54) is 10.4 Å². The molecule has 1 heterocycles. The van der Waals surface area contributed by atoms with E-state index in [1.54, 1.807) is 11.3 Å². The Morgan fingerprint density at radius 1 is 1.19 bits per heavy atom. The summed E-state index contributed by atoms with van der Waals surface area (Å²) in [6, 6.07) is 12.0. The molecule has 1 aromatic heterocycles. The highest BCUT2D eigenvalue weighted by Crippen LogP contribution is 2.18. The van der Waals surface area contributed by atoms with E-state index < -0.39 is 0 Å². The number of likely N-dealkylation sites (N-methyl/N-ethyl adjacent to an activating group) is 2. The number of rotatable bonds is 6. The summed E-state index contributed by atoms with van der Waals surface area (Å²) in [4.78, 5) is 17.7. The molecule has 0 saturated carbocycles. The monoisotopic (exact) mass is 302 g/mol. The molecule has 0 unspecified atom stereocenters. The maximum Gasteiger partial charge on any atom is 0.241 e. The topological polar surface area (TPSA) is 23.6 Å². The third-order valence-corrected chi connectivity index (χ3v) is 4.48. The van der Waals surface area contributed by atoms with Crippen LogP contribution in [0.1, 0.15) is 17.4 Å². The Kier molecular flexibility index (Phi) is 5.53. The number of para-hydroxylation sites is 1. The highest BCUT2D eigenvalue weighted by Gasteiger charge is 2.16. The van der Waals surface area contributed by atoms with Gasteiger partial charge in [-0.15, -0.1) is 11.3 Å². The number of anilines is 1. The largest absolute Gasteiger partial charge is 0.312 e. The first-order valence-corrected chi connectivity index (χ1v) is 8.06. The maximum absolute atomic E-state index is 12.5. The summed E-state index contributed by atoms with van der Waals surface area (Å²) in [7, 11) is 2.00. The highest BCUT2D eigenvalue weighted by atomic mass is 32.1. The van der Waals surface area contributed by atoms with E-state index in [2.05, 4.69) is 23.3 Å². The molecule has 3 nitrogen and oxygen atoms in total. The molecule has 21 heavy (non-hydrogen) atoms. The van der Waals surface area contributed by atoms with Crippen molar-refractivity contribution in [3.8, 4) is 0 Å². The van der Waals surface area contributed by atoms with E-state index in [0.717, 1.165) is 12.2 Å². The molecule has 0 spiro atoms. The number of carbonyl (C=O) groups excluding carboxylic acids is 1. The minimum Gasteiger partial charge on any atom is -0.312 e. The number of hydrogen-bond acceptors (Lipinski definition) is 3. The van der Waals surface area contributed by atoms with Crippen LogP contribution in [0.4, 0.5) is 5.69 Å². The van der Waals surface area contributed by atoms with Gasteiger partial charge in [0, 0.05) is 23.7 Å². The number of thiophene rings is 1. The first-order chi connectivity index (χ1) is 10.1. The summed E-state index contributed by atoms with van der Waals surface area (Å²) in [5, 5.41) is 2.10. The molecule has 1 aromatic carbocycles. The molecule has 0 aliphatic rings. The standard InChI is InChI=1S/C17H22N2OS/c1-4-19(15-8-6-5-7-9-15)17(20)13-18(3)12-16-14(2)10-11-21-16/h5-11H,4,12-13H2,1-3H3. The van der Waals surface area contributed by atoms with E-state index in [4.69, 9.17) is 0 Å². The van der Waals surface area contributed by atoms with Crippen LogP contribution < -0.4 is 4.90 Å². The zero-order valence-electron chi connectivity index (χ0n) is 12.9. The van der Waals surface area contributed by atoms with Crippen LogP contribution in [-0.2, 0) is 11.3 Å². The van der Waals surface area contributed by atoms with Crippen LogP contribution in [0.5, 0.6) is 0 Å². The van der Waals surface area contributed by atoms with Crippen molar-refractivity contribution in [1.82, 2.24) is 4.90 Å². The lowest BCUT2D eigenvalue weighted by Crippen LogP contribution is -2.38. The van der Waals surface area contributed by atoms with Crippen LogP contribution >= 0.6 is 11.3 Å². The Bertz CT molecular complexity index is 579. The van der Waals surface area contributed by atoms with Crippen molar-refractivity contribution in [3.05, 3.63) is 52.2 Å². The van der Waals surface area contributed by atoms with Gasteiger partial charge in [-0.2, -0.15) is 0 Å². The average Bonchev–Trinajstić information content (AvgIpc) is 2.86. The lowest BCUT2D eigenvalue weighted by atomic mass is 10.2. The Morgan fingerprint density at radius 2 is 1.90 bits per heavy atom. The lowest BCUT2D eigenvalue weighted by molar-refractivity contribution is -0.119. The molecule has 0 aliphatic heterocycles. The molecule has 0 atom stereocenters. The molecular weight excluding hydrogens is 280 g/mol. The highest BCUT2D eigenvalue weighted by molar-refractivity contribution is 7.10. The molecule has 0 aliphatic carbocycles. The zero-order valence-corrected chi connectivity index (χ0v) is 13.7. The molecule has 1 amide bonds. The Balaban J connectivity index is 1.98. The number of nitrogens with zero attached hydrogens (tertiary/aromatic N) is 2. The molecular formula is C17H22N2OS. The quantitative estimate of drug-likeness (QED) is 0.815. The Labute approximate surface area is 130 Å². The van der Waals surface area contributed by atoms with Crippen molar-refractivity contribution in [3.63, 3.8) is 0 Å². The van der Waals surface area contributed by atoms with Gasteiger partial charge in [0.05, 0.1) is 6.54 Å². The molecule has 112 valence electrons. The SMILES string of the molecule is CCN(C(=O)CN(C)Cc1sccc1C)c1ccccc1. The number of hydrogen-bond donors (Lipinski definition) is 0. The van der Waals surface area contributed by atoms with Crippen LogP contribution in [0.25, 0.3) is 0 Å². The summed E-state index contributed by atoms with van der Waals surface area (Å²) in [6.07, 6.45) is 0. The smallest absolute Gasteiger partial charge is 0.241 e. The van der Waals surface area contributed by atoms with E-state index in [0.29, 0.717) is 13.1 Å². The van der Waals surface area contributed by atoms with E-state index >= 15 is 0 Å². The normalized spacial score (nSPS) is 10.9. The number of carbonyl (C=O) groups is 1. The fourth-order valence-electron chi connectivity index (χ4n) is 2.29. The van der Waals surface area contributed by atoms with Gasteiger partial charge in [0.15, 0.2) is 0 Å². The summed E-state index contributed by atoms with van der Waals surface area (Å²) < 4.78 is 0. The van der Waals surface area contributed by atoms with Gasteiger partial charge >= 0.3 is 0 Å². The van der Waals surface area contributed by atoms with Crippen LogP contribution in [0.2, 0.25) is 0 Å². The van der Waals surface area contributed by atoms with Crippen molar-refractivity contribution < 1.29 is 4.79 Å². The molecule has 2 aromatic rings.